The van der Waals surface area contributed by atoms with E-state index in [0.29, 0.717) is 35.3 Å². The first-order chi connectivity index (χ1) is 20.6. The first-order valence-electron chi connectivity index (χ1n) is 13.6. The molecule has 43 heavy (non-hydrogen) atoms. The van der Waals surface area contributed by atoms with Crippen molar-refractivity contribution in [3.8, 4) is 17.0 Å². The Morgan fingerprint density at radius 3 is 2.40 bits per heavy atom. The molecule has 1 saturated carbocycles. The summed E-state index contributed by atoms with van der Waals surface area (Å²) < 4.78 is 50.9. The fraction of sp³-hybridized carbons (Fsp3) is 0.182. The minimum atomic E-state index is -0.881. The van der Waals surface area contributed by atoms with Crippen LogP contribution in [0.1, 0.15) is 55.8 Å². The number of primary amides is 1. The van der Waals surface area contributed by atoms with Crippen LogP contribution in [0.2, 0.25) is 0 Å². The highest BCUT2D eigenvalue weighted by Gasteiger charge is 2.47. The van der Waals surface area contributed by atoms with Gasteiger partial charge in [0.1, 0.15) is 28.6 Å². The zero-order chi connectivity index (χ0) is 30.5. The molecule has 7 nitrogen and oxygen atoms in total. The largest absolute Gasteiger partial charge is 0.496 e. The summed E-state index contributed by atoms with van der Waals surface area (Å²) in [5.41, 5.74) is 7.46. The van der Waals surface area contributed by atoms with Gasteiger partial charge in [0, 0.05) is 23.7 Å². The molecule has 2 amide bonds. The maximum atomic E-state index is 16.1. The normalized spacial score (nSPS) is 13.6. The Morgan fingerprint density at radius 1 is 1.02 bits per heavy atom. The molecule has 1 fully saturated rings. The molecule has 2 aromatic heterocycles. The maximum absolute atomic E-state index is 16.1. The molecule has 0 saturated heterocycles. The van der Waals surface area contributed by atoms with Crippen LogP contribution in [0.25, 0.3) is 16.8 Å². The Morgan fingerprint density at radius 2 is 1.74 bits per heavy atom. The summed E-state index contributed by atoms with van der Waals surface area (Å²) in [7, 11) is 1.45. The zero-order valence-corrected chi connectivity index (χ0v) is 23.4. The number of benzene rings is 3. The Hall–Kier alpha value is -5.12. The number of nitrogens with one attached hydrogen (secondary N) is 1. The Balaban J connectivity index is 1.37. The van der Waals surface area contributed by atoms with E-state index in [9.17, 15) is 18.4 Å². The van der Waals surface area contributed by atoms with E-state index < -0.39 is 29.0 Å². The van der Waals surface area contributed by atoms with Gasteiger partial charge < -0.3 is 15.8 Å². The lowest BCUT2D eigenvalue weighted by atomic mass is 9.96. The number of fused-ring (bicyclic) bond motifs is 1. The van der Waals surface area contributed by atoms with E-state index in [1.165, 1.54) is 54.2 Å². The van der Waals surface area contributed by atoms with E-state index in [1.807, 2.05) is 6.92 Å². The van der Waals surface area contributed by atoms with Crippen LogP contribution in [0.15, 0.2) is 72.9 Å². The third-order valence-electron chi connectivity index (χ3n) is 7.96. The fourth-order valence-electron chi connectivity index (χ4n) is 5.51. The lowest BCUT2D eigenvalue weighted by Gasteiger charge is -2.20. The van der Waals surface area contributed by atoms with Gasteiger partial charge >= 0.3 is 0 Å². The standard InChI is InChI=1S/C33H27F3N4O3/c1-18-15-26(43-2)23(32(42)38-33(12-13-33)24-5-3-4-6-25(24)35)17-21(18)16-20-11-14-40-30(28(20)36)27(31(37)41)29(39-40)19-7-9-22(34)10-8-19/h3-11,14-15,17H,12-13,16H2,1-2H3,(H2,37,41)(H,38,42). The molecule has 5 aromatic rings. The molecule has 0 bridgehead atoms. The number of amides is 2. The number of nitrogens with two attached hydrogens (primary N) is 1. The average Bonchev–Trinajstić information content (AvgIpc) is 3.64. The van der Waals surface area contributed by atoms with Crippen LogP contribution in [0.5, 0.6) is 5.75 Å². The highest BCUT2D eigenvalue weighted by Crippen LogP contribution is 2.47. The molecule has 0 unspecified atom stereocenters. The molecule has 3 aromatic carbocycles. The summed E-state index contributed by atoms with van der Waals surface area (Å²) in [6, 6.07) is 16.5. The van der Waals surface area contributed by atoms with E-state index in [2.05, 4.69) is 10.4 Å². The number of carbonyl (C=O) groups is 2. The second-order valence-electron chi connectivity index (χ2n) is 10.7. The Bertz CT molecular complexity index is 1910. The molecule has 1 aliphatic rings. The van der Waals surface area contributed by atoms with E-state index in [1.54, 1.807) is 30.3 Å². The van der Waals surface area contributed by atoms with Gasteiger partial charge in [-0.2, -0.15) is 5.10 Å². The molecule has 3 N–H and O–H groups in total. The topological polar surface area (TPSA) is 98.7 Å². The molecular formula is C33H27F3N4O3. The average molecular weight is 585 g/mol. The summed E-state index contributed by atoms with van der Waals surface area (Å²) in [6.07, 6.45) is 2.79. The van der Waals surface area contributed by atoms with Gasteiger partial charge in [-0.1, -0.05) is 18.2 Å². The zero-order valence-electron chi connectivity index (χ0n) is 23.4. The number of ether oxygens (including phenoxy) is 1. The van der Waals surface area contributed by atoms with E-state index in [4.69, 9.17) is 10.5 Å². The second kappa shape index (κ2) is 10.6. The SMILES string of the molecule is COc1cc(C)c(Cc2ccn3nc(-c4ccc(F)cc4)c(C(N)=O)c3c2F)cc1C(=O)NC1(c2ccccc2F)CC1. The number of carbonyl (C=O) groups excluding carboxylic acids is 2. The second-order valence-corrected chi connectivity index (χ2v) is 10.7. The number of aromatic nitrogens is 2. The van der Waals surface area contributed by atoms with Crippen molar-refractivity contribution in [3.63, 3.8) is 0 Å². The molecule has 218 valence electrons. The monoisotopic (exact) mass is 584 g/mol. The molecule has 0 radical (unpaired) electrons. The number of aryl methyl sites for hydroxylation is 1. The van der Waals surface area contributed by atoms with Crippen molar-refractivity contribution in [2.45, 2.75) is 31.7 Å². The van der Waals surface area contributed by atoms with Crippen molar-refractivity contribution in [1.29, 1.82) is 0 Å². The Labute approximate surface area is 245 Å². The first kappa shape index (κ1) is 28.0. The van der Waals surface area contributed by atoms with Gasteiger partial charge in [0.15, 0.2) is 5.82 Å². The lowest BCUT2D eigenvalue weighted by molar-refractivity contribution is 0.0926. The number of nitrogens with zero attached hydrogens (tertiary/aromatic N) is 2. The minimum absolute atomic E-state index is 0.0756. The molecular weight excluding hydrogens is 557 g/mol. The molecule has 1 aliphatic carbocycles. The molecule has 2 heterocycles. The molecule has 10 heteroatoms. The Kier molecular flexibility index (Phi) is 6.92. The fourth-order valence-corrected chi connectivity index (χ4v) is 5.51. The summed E-state index contributed by atoms with van der Waals surface area (Å²) in [5.74, 6) is -2.55. The molecule has 6 rings (SSSR count). The predicted octanol–water partition coefficient (Wildman–Crippen LogP) is 5.84. The molecule has 0 spiro atoms. The van der Waals surface area contributed by atoms with Crippen molar-refractivity contribution < 1.29 is 27.5 Å². The van der Waals surface area contributed by atoms with Crippen LogP contribution in [0.4, 0.5) is 13.2 Å². The van der Waals surface area contributed by atoms with Crippen molar-refractivity contribution >= 4 is 17.3 Å². The summed E-state index contributed by atoms with van der Waals surface area (Å²) in [4.78, 5) is 26.0. The minimum Gasteiger partial charge on any atom is -0.496 e. The van der Waals surface area contributed by atoms with Crippen LogP contribution in [-0.2, 0) is 12.0 Å². The van der Waals surface area contributed by atoms with E-state index in [0.717, 1.165) is 5.56 Å². The van der Waals surface area contributed by atoms with Gasteiger partial charge in [-0.15, -0.1) is 0 Å². The highest BCUT2D eigenvalue weighted by atomic mass is 19.1. The van der Waals surface area contributed by atoms with Gasteiger partial charge in [-0.25, -0.2) is 17.7 Å². The number of pyridine rings is 1. The summed E-state index contributed by atoms with van der Waals surface area (Å²) in [5, 5.41) is 7.33. The van der Waals surface area contributed by atoms with E-state index in [-0.39, 0.29) is 40.1 Å². The molecule has 0 aliphatic heterocycles. The first-order valence-corrected chi connectivity index (χ1v) is 13.6. The van der Waals surface area contributed by atoms with Crippen molar-refractivity contribution in [1.82, 2.24) is 14.9 Å². The van der Waals surface area contributed by atoms with Crippen LogP contribution in [0, 0.1) is 24.4 Å². The number of rotatable bonds is 8. The summed E-state index contributed by atoms with van der Waals surface area (Å²) in [6.45, 7) is 1.82. The molecule has 0 atom stereocenters. The summed E-state index contributed by atoms with van der Waals surface area (Å²) >= 11 is 0. The van der Waals surface area contributed by atoms with Gasteiger partial charge in [0.25, 0.3) is 11.8 Å². The van der Waals surface area contributed by atoms with Crippen LogP contribution < -0.4 is 15.8 Å². The van der Waals surface area contributed by atoms with Crippen molar-refractivity contribution in [3.05, 3.63) is 124 Å². The van der Waals surface area contributed by atoms with Gasteiger partial charge in [-0.05, 0) is 85.0 Å². The lowest BCUT2D eigenvalue weighted by Crippen LogP contribution is -2.35. The van der Waals surface area contributed by atoms with Crippen LogP contribution in [0.3, 0.4) is 0 Å². The maximum Gasteiger partial charge on any atom is 0.255 e. The van der Waals surface area contributed by atoms with Gasteiger partial charge in [0.05, 0.1) is 23.8 Å². The number of methoxy groups -OCH3 is 1. The van der Waals surface area contributed by atoms with E-state index >= 15 is 4.39 Å². The van der Waals surface area contributed by atoms with Crippen molar-refractivity contribution in [2.75, 3.05) is 7.11 Å². The number of halogens is 3. The smallest absolute Gasteiger partial charge is 0.255 e. The van der Waals surface area contributed by atoms with Crippen molar-refractivity contribution in [2.24, 2.45) is 5.73 Å². The quantitative estimate of drug-likeness (QED) is 0.239. The van der Waals surface area contributed by atoms with Gasteiger partial charge in [-0.3, -0.25) is 9.59 Å². The number of hydrogen-bond donors (Lipinski definition) is 2. The number of hydrogen-bond acceptors (Lipinski definition) is 4. The third-order valence-corrected chi connectivity index (χ3v) is 7.96. The third kappa shape index (κ3) is 4.98. The predicted molar refractivity (Wildman–Crippen MR) is 154 cm³/mol. The van der Waals surface area contributed by atoms with Crippen LogP contribution in [-0.4, -0.2) is 28.5 Å². The van der Waals surface area contributed by atoms with Crippen LogP contribution >= 0.6 is 0 Å². The van der Waals surface area contributed by atoms with Gasteiger partial charge in [0.2, 0.25) is 0 Å². The highest BCUT2D eigenvalue weighted by molar-refractivity contribution is 6.05.